The van der Waals surface area contributed by atoms with Crippen LogP contribution in [0.3, 0.4) is 0 Å². The first-order chi connectivity index (χ1) is 9.46. The first-order valence-electron chi connectivity index (χ1n) is 6.62. The Bertz CT molecular complexity index is 622. The van der Waals surface area contributed by atoms with Crippen LogP contribution in [0.25, 0.3) is 0 Å². The number of sulfonamides is 1. The van der Waals surface area contributed by atoms with Crippen molar-refractivity contribution in [2.75, 3.05) is 27.2 Å². The zero-order valence-electron chi connectivity index (χ0n) is 11.8. The molecule has 1 unspecified atom stereocenters. The Balaban J connectivity index is 2.24. The Labute approximate surface area is 120 Å². The number of hydrogen-bond donors (Lipinski definition) is 0. The highest BCUT2D eigenvalue weighted by atomic mass is 32.2. The van der Waals surface area contributed by atoms with Gasteiger partial charge < -0.3 is 4.90 Å². The molecule has 1 saturated heterocycles. The summed E-state index contributed by atoms with van der Waals surface area (Å²) in [6.07, 6.45) is 2.11. The van der Waals surface area contributed by atoms with Gasteiger partial charge in [-0.05, 0) is 38.6 Å². The minimum Gasteiger partial charge on any atom is -0.302 e. The number of likely N-dealkylation sites (tertiary alicyclic amines) is 1. The van der Waals surface area contributed by atoms with Gasteiger partial charge in [0, 0.05) is 19.6 Å². The van der Waals surface area contributed by atoms with Gasteiger partial charge in [0.15, 0.2) is 0 Å². The third-order valence-electron chi connectivity index (χ3n) is 3.84. The van der Waals surface area contributed by atoms with Crippen molar-refractivity contribution in [3.8, 4) is 6.07 Å². The van der Waals surface area contributed by atoms with Crippen molar-refractivity contribution in [3.05, 3.63) is 29.8 Å². The molecule has 0 spiro atoms. The summed E-state index contributed by atoms with van der Waals surface area (Å²) in [5.41, 5.74) is 0.194. The van der Waals surface area contributed by atoms with E-state index in [1.54, 1.807) is 19.2 Å². The van der Waals surface area contributed by atoms with E-state index in [9.17, 15) is 8.42 Å². The van der Waals surface area contributed by atoms with Crippen molar-refractivity contribution in [2.45, 2.75) is 23.8 Å². The number of likely N-dealkylation sites (N-methyl/N-ethyl adjacent to an activating group) is 2. The molecular weight excluding hydrogens is 274 g/mol. The fourth-order valence-electron chi connectivity index (χ4n) is 2.56. The van der Waals surface area contributed by atoms with Crippen LogP contribution in [-0.4, -0.2) is 50.8 Å². The number of nitrogens with zero attached hydrogens (tertiary/aromatic N) is 3. The molecular formula is C14H19N3O2S. The second kappa shape index (κ2) is 5.92. The maximum atomic E-state index is 12.6. The molecule has 2 rings (SSSR count). The summed E-state index contributed by atoms with van der Waals surface area (Å²) in [6.45, 7) is 1.46. The maximum absolute atomic E-state index is 12.6. The Morgan fingerprint density at radius 1 is 1.45 bits per heavy atom. The van der Waals surface area contributed by atoms with E-state index in [1.807, 2.05) is 13.1 Å². The molecule has 1 fully saturated rings. The quantitative estimate of drug-likeness (QED) is 0.838. The first-order valence-corrected chi connectivity index (χ1v) is 8.06. The molecule has 0 amide bonds. The predicted molar refractivity (Wildman–Crippen MR) is 76.6 cm³/mol. The van der Waals surface area contributed by atoms with E-state index in [4.69, 9.17) is 5.26 Å². The van der Waals surface area contributed by atoms with Gasteiger partial charge in [0.05, 0.1) is 10.5 Å². The molecule has 20 heavy (non-hydrogen) atoms. The molecule has 6 heteroatoms. The van der Waals surface area contributed by atoms with Crippen molar-refractivity contribution < 1.29 is 8.42 Å². The van der Waals surface area contributed by atoms with Crippen LogP contribution in [0.1, 0.15) is 18.4 Å². The van der Waals surface area contributed by atoms with E-state index < -0.39 is 10.0 Å². The first kappa shape index (κ1) is 15.0. The third kappa shape index (κ3) is 2.85. The standard InChI is InChI=1S/C14H19N3O2S/c1-16-9-5-7-13(16)11-17(2)20(18,19)14-8-4-3-6-12(14)10-15/h3-4,6,8,13H,5,7,9,11H2,1-2H3. The highest BCUT2D eigenvalue weighted by Crippen LogP contribution is 2.21. The lowest BCUT2D eigenvalue weighted by molar-refractivity contribution is 0.271. The zero-order chi connectivity index (χ0) is 14.8. The largest absolute Gasteiger partial charge is 0.302 e. The molecule has 0 aliphatic carbocycles. The molecule has 5 nitrogen and oxygen atoms in total. The van der Waals surface area contributed by atoms with Crippen LogP contribution < -0.4 is 0 Å². The molecule has 1 aliphatic rings. The highest BCUT2D eigenvalue weighted by Gasteiger charge is 2.29. The lowest BCUT2D eigenvalue weighted by Crippen LogP contribution is -2.39. The SMILES string of the molecule is CN1CCCC1CN(C)S(=O)(=O)c1ccccc1C#N. The van der Waals surface area contributed by atoms with Crippen molar-refractivity contribution in [1.29, 1.82) is 5.26 Å². The Morgan fingerprint density at radius 3 is 2.75 bits per heavy atom. The number of benzene rings is 1. The topological polar surface area (TPSA) is 64.4 Å². The van der Waals surface area contributed by atoms with Gasteiger partial charge in [-0.25, -0.2) is 8.42 Å². The molecule has 1 atom stereocenters. The maximum Gasteiger partial charge on any atom is 0.244 e. The van der Waals surface area contributed by atoms with E-state index in [2.05, 4.69) is 4.90 Å². The Kier molecular flexibility index (Phi) is 4.43. The van der Waals surface area contributed by atoms with Crippen LogP contribution >= 0.6 is 0 Å². The normalized spacial score (nSPS) is 20.2. The summed E-state index contributed by atoms with van der Waals surface area (Å²) in [6, 6.07) is 8.53. The van der Waals surface area contributed by atoms with Gasteiger partial charge in [-0.2, -0.15) is 9.57 Å². The molecule has 0 radical (unpaired) electrons. The van der Waals surface area contributed by atoms with E-state index in [0.29, 0.717) is 6.54 Å². The van der Waals surface area contributed by atoms with Crippen molar-refractivity contribution in [2.24, 2.45) is 0 Å². The van der Waals surface area contributed by atoms with Crippen LogP contribution in [0.2, 0.25) is 0 Å². The van der Waals surface area contributed by atoms with Gasteiger partial charge in [0.25, 0.3) is 0 Å². The van der Waals surface area contributed by atoms with Gasteiger partial charge in [-0.1, -0.05) is 12.1 Å². The smallest absolute Gasteiger partial charge is 0.244 e. The minimum absolute atomic E-state index is 0.0886. The lowest BCUT2D eigenvalue weighted by atomic mass is 10.2. The van der Waals surface area contributed by atoms with E-state index in [1.165, 1.54) is 16.4 Å². The molecule has 1 aromatic rings. The molecule has 0 saturated carbocycles. The van der Waals surface area contributed by atoms with E-state index >= 15 is 0 Å². The summed E-state index contributed by atoms with van der Waals surface area (Å²) in [7, 11) is -0.0142. The van der Waals surface area contributed by atoms with Gasteiger partial charge in [-0.3, -0.25) is 0 Å². The van der Waals surface area contributed by atoms with Crippen LogP contribution in [0.4, 0.5) is 0 Å². The van der Waals surface area contributed by atoms with Crippen molar-refractivity contribution >= 4 is 10.0 Å². The van der Waals surface area contributed by atoms with Crippen molar-refractivity contribution in [3.63, 3.8) is 0 Å². The molecule has 0 N–H and O–H groups in total. The highest BCUT2D eigenvalue weighted by molar-refractivity contribution is 7.89. The second-order valence-electron chi connectivity index (χ2n) is 5.17. The number of rotatable bonds is 4. The fourth-order valence-corrected chi connectivity index (χ4v) is 3.90. The average Bonchev–Trinajstić information content (AvgIpc) is 2.84. The Hall–Kier alpha value is -1.42. The molecule has 1 aliphatic heterocycles. The molecule has 108 valence electrons. The van der Waals surface area contributed by atoms with E-state index in [-0.39, 0.29) is 16.5 Å². The third-order valence-corrected chi connectivity index (χ3v) is 5.72. The minimum atomic E-state index is -3.61. The number of hydrogen-bond acceptors (Lipinski definition) is 4. The van der Waals surface area contributed by atoms with Crippen LogP contribution in [0.15, 0.2) is 29.2 Å². The van der Waals surface area contributed by atoms with Crippen LogP contribution in [-0.2, 0) is 10.0 Å². The summed E-state index contributed by atoms with van der Waals surface area (Å²) >= 11 is 0. The predicted octanol–water partition coefficient (Wildman–Crippen LogP) is 1.27. The van der Waals surface area contributed by atoms with Gasteiger partial charge >= 0.3 is 0 Å². The summed E-state index contributed by atoms with van der Waals surface area (Å²) in [5, 5.41) is 9.05. The number of nitriles is 1. The zero-order valence-corrected chi connectivity index (χ0v) is 12.6. The summed E-state index contributed by atoms with van der Waals surface area (Å²) < 4.78 is 26.5. The molecule has 1 aromatic carbocycles. The average molecular weight is 293 g/mol. The monoisotopic (exact) mass is 293 g/mol. The van der Waals surface area contributed by atoms with Crippen molar-refractivity contribution in [1.82, 2.24) is 9.21 Å². The van der Waals surface area contributed by atoms with Gasteiger partial charge in [-0.15, -0.1) is 0 Å². The molecule has 1 heterocycles. The molecule has 0 bridgehead atoms. The second-order valence-corrected chi connectivity index (χ2v) is 7.18. The summed E-state index contributed by atoms with van der Waals surface area (Å²) in [5.74, 6) is 0. The molecule has 0 aromatic heterocycles. The summed E-state index contributed by atoms with van der Waals surface area (Å²) in [4.78, 5) is 2.27. The van der Waals surface area contributed by atoms with Crippen LogP contribution in [0.5, 0.6) is 0 Å². The van der Waals surface area contributed by atoms with E-state index in [0.717, 1.165) is 19.4 Å². The van der Waals surface area contributed by atoms with Gasteiger partial charge in [0.2, 0.25) is 10.0 Å². The Morgan fingerprint density at radius 2 is 2.15 bits per heavy atom. The fraction of sp³-hybridized carbons (Fsp3) is 0.500. The lowest BCUT2D eigenvalue weighted by Gasteiger charge is -2.25. The van der Waals surface area contributed by atoms with Crippen LogP contribution in [0, 0.1) is 11.3 Å². The van der Waals surface area contributed by atoms with Gasteiger partial charge in [0.1, 0.15) is 6.07 Å².